The maximum Gasteiger partial charge on any atom is 0.230 e. The van der Waals surface area contributed by atoms with Crippen molar-refractivity contribution in [3.8, 4) is 0 Å². The summed E-state index contributed by atoms with van der Waals surface area (Å²) >= 11 is 1.18. The van der Waals surface area contributed by atoms with E-state index in [1.54, 1.807) is 19.1 Å². The van der Waals surface area contributed by atoms with E-state index in [1.165, 1.54) is 127 Å². The molecule has 1 amide bonds. The van der Waals surface area contributed by atoms with Gasteiger partial charge in [-0.3, -0.25) is 9.52 Å². The maximum absolute atomic E-state index is 13.2. The first-order valence-electron chi connectivity index (χ1n) is 18.6. The van der Waals surface area contributed by atoms with E-state index in [4.69, 9.17) is 0 Å². The third kappa shape index (κ3) is 17.0. The quantitative estimate of drug-likeness (QED) is 0.186. The second kappa shape index (κ2) is 26.3. The molecule has 3 rings (SSSR count). The van der Waals surface area contributed by atoms with Crippen molar-refractivity contribution < 1.29 is 13.6 Å². The summed E-state index contributed by atoms with van der Waals surface area (Å²) in [4.78, 5) is 13.1. The molecule has 3 saturated carbocycles. The van der Waals surface area contributed by atoms with Gasteiger partial charge in [0.05, 0.1) is 5.83 Å². The average Bonchev–Trinajstić information content (AvgIpc) is 3.39. The molecule has 0 aromatic rings. The molecule has 0 heterocycles. The van der Waals surface area contributed by atoms with E-state index in [-0.39, 0.29) is 17.6 Å². The van der Waals surface area contributed by atoms with Crippen LogP contribution in [-0.4, -0.2) is 5.91 Å². The summed E-state index contributed by atoms with van der Waals surface area (Å²) in [5.41, 5.74) is 0.478. The van der Waals surface area contributed by atoms with Crippen molar-refractivity contribution in [3.05, 3.63) is 60.1 Å². The minimum absolute atomic E-state index is 0.0368. The van der Waals surface area contributed by atoms with Crippen LogP contribution in [0.1, 0.15) is 158 Å². The highest BCUT2D eigenvalue weighted by Gasteiger charge is 2.52. The van der Waals surface area contributed by atoms with Gasteiger partial charge >= 0.3 is 0 Å². The molecule has 1 N–H and O–H groups in total. The van der Waals surface area contributed by atoms with Gasteiger partial charge in [-0.15, -0.1) is 0 Å². The average molecular weight is 664 g/mol. The van der Waals surface area contributed by atoms with E-state index < -0.39 is 0 Å². The molecule has 3 fully saturated rings. The Hall–Kier alpha value is -1.62. The summed E-state index contributed by atoms with van der Waals surface area (Å²) in [5.74, 6) is 3.97. The predicted octanol–water partition coefficient (Wildman–Crippen LogP) is 14.2. The molecule has 0 aromatic carbocycles. The number of hydrogen-bond donors (Lipinski definition) is 1. The molecule has 0 spiro atoms. The number of allylic oxidation sites excluding steroid dienone is 7. The number of nitrogens with one attached hydrogen (secondary N) is 1. The Morgan fingerprint density at radius 2 is 1.63 bits per heavy atom. The van der Waals surface area contributed by atoms with Gasteiger partial charge < -0.3 is 0 Å². The first-order chi connectivity index (χ1) is 22.1. The van der Waals surface area contributed by atoms with Gasteiger partial charge in [0, 0.05) is 11.3 Å². The fourth-order valence-corrected chi connectivity index (χ4v) is 8.43. The summed E-state index contributed by atoms with van der Waals surface area (Å²) in [6.07, 6.45) is 28.2. The number of amides is 1. The van der Waals surface area contributed by atoms with Crippen molar-refractivity contribution in [1.29, 1.82) is 0 Å². The van der Waals surface area contributed by atoms with Crippen LogP contribution in [0.25, 0.3) is 0 Å². The molecule has 46 heavy (non-hydrogen) atoms. The van der Waals surface area contributed by atoms with Gasteiger partial charge in [0.1, 0.15) is 5.83 Å². The predicted molar refractivity (Wildman–Crippen MR) is 202 cm³/mol. The van der Waals surface area contributed by atoms with Gasteiger partial charge in [0.25, 0.3) is 0 Å². The molecule has 0 aromatic heterocycles. The Balaban J connectivity index is 0.00000145. The van der Waals surface area contributed by atoms with Crippen molar-refractivity contribution in [3.63, 3.8) is 0 Å². The Bertz CT molecular complexity index is 935. The second-order valence-corrected chi connectivity index (χ2v) is 14.5. The summed E-state index contributed by atoms with van der Waals surface area (Å²) in [6.45, 7) is 23.3. The van der Waals surface area contributed by atoms with Crippen LogP contribution < -0.4 is 4.72 Å². The zero-order valence-electron chi connectivity index (χ0n) is 31.1. The van der Waals surface area contributed by atoms with Crippen molar-refractivity contribution in [1.82, 2.24) is 4.72 Å². The van der Waals surface area contributed by atoms with Crippen LogP contribution in [0.3, 0.4) is 0 Å². The molecule has 6 atom stereocenters. The lowest BCUT2D eigenvalue weighted by Crippen LogP contribution is -2.41. The maximum atomic E-state index is 13.2. The first kappa shape index (κ1) is 44.4. The number of unbranched alkanes of at least 4 members (excludes halogenated alkanes) is 1. The molecule has 266 valence electrons. The van der Waals surface area contributed by atoms with Crippen LogP contribution in [-0.2, 0) is 4.79 Å². The number of halogens is 2. The van der Waals surface area contributed by atoms with Crippen molar-refractivity contribution in [2.75, 3.05) is 0 Å². The second-order valence-electron chi connectivity index (χ2n) is 13.6. The highest BCUT2D eigenvalue weighted by Crippen LogP contribution is 2.61. The summed E-state index contributed by atoms with van der Waals surface area (Å²) < 4.78 is 27.7. The molecule has 0 saturated heterocycles. The topological polar surface area (TPSA) is 29.1 Å². The standard InChI is InChI=1S/C30H48FNOS.C5H7F.C4H10.C2H6/c1-5-10-26(21-23(3)31)34-32-29(33)16-9-14-25-17-18-28-27-15-8-12-22(2)11-6-7-13-24(27)19-20-30(25,28)4;1-3-5(6)4-2;1-3-4-2;1-2/h5,10,21-22,24-25,27-28H,1,6-9,11-20H2,2-4H3,(H,32,33);3-4H,1H2,2H3;3-4H2,1-2H3;1-2H3/b23-21+,26-10+;5-4+;;. The number of carbonyl (C=O) groups is 1. The lowest BCUT2D eigenvalue weighted by molar-refractivity contribution is -0.119. The van der Waals surface area contributed by atoms with Crippen LogP contribution in [0.2, 0.25) is 0 Å². The molecular formula is C41H71F2NOS. The molecule has 6 unspecified atom stereocenters. The SMILES string of the molecule is C=C/C(F)=C\C.C=C/C=C(\C=C(/C)F)SNC(=O)CCCC1CCC2C3CCCC(C)CCCCC3CCC12C.CC.CCCC. The Labute approximate surface area is 288 Å². The van der Waals surface area contributed by atoms with E-state index in [1.807, 2.05) is 13.8 Å². The van der Waals surface area contributed by atoms with Gasteiger partial charge in [-0.1, -0.05) is 118 Å². The molecule has 3 aliphatic rings. The highest BCUT2D eigenvalue weighted by atomic mass is 32.2. The zero-order valence-corrected chi connectivity index (χ0v) is 31.9. The third-order valence-corrected chi connectivity index (χ3v) is 11.2. The molecule has 5 heteroatoms. The van der Waals surface area contributed by atoms with Crippen LogP contribution in [0.5, 0.6) is 0 Å². The van der Waals surface area contributed by atoms with Gasteiger partial charge in [-0.05, 0) is 124 Å². The minimum Gasteiger partial charge on any atom is -0.296 e. The number of hydrogen-bond acceptors (Lipinski definition) is 2. The monoisotopic (exact) mass is 664 g/mol. The van der Waals surface area contributed by atoms with E-state index in [0.717, 1.165) is 36.0 Å². The third-order valence-electron chi connectivity index (χ3n) is 10.4. The van der Waals surface area contributed by atoms with E-state index in [0.29, 0.717) is 16.7 Å². The summed E-state index contributed by atoms with van der Waals surface area (Å²) in [6, 6.07) is 0. The lowest BCUT2D eigenvalue weighted by Gasteiger charge is -2.49. The van der Waals surface area contributed by atoms with Crippen LogP contribution >= 0.6 is 11.9 Å². The Morgan fingerprint density at radius 1 is 0.978 bits per heavy atom. The van der Waals surface area contributed by atoms with Crippen LogP contribution in [0.15, 0.2) is 60.1 Å². The normalized spacial score (nSPS) is 28.3. The number of carbonyl (C=O) groups excluding carboxylic acids is 1. The zero-order chi connectivity index (χ0) is 35.0. The molecular weight excluding hydrogens is 593 g/mol. The van der Waals surface area contributed by atoms with Gasteiger partial charge in [0.15, 0.2) is 0 Å². The number of fused-ring (bicyclic) bond motifs is 3. The van der Waals surface area contributed by atoms with Crippen molar-refractivity contribution in [2.45, 2.75) is 158 Å². The summed E-state index contributed by atoms with van der Waals surface area (Å²) in [5, 5.41) is 0. The smallest absolute Gasteiger partial charge is 0.230 e. The van der Waals surface area contributed by atoms with E-state index in [2.05, 4.69) is 45.6 Å². The highest BCUT2D eigenvalue weighted by molar-refractivity contribution is 8.01. The Morgan fingerprint density at radius 3 is 2.20 bits per heavy atom. The lowest BCUT2D eigenvalue weighted by atomic mass is 9.56. The molecule has 2 nitrogen and oxygen atoms in total. The molecule has 0 bridgehead atoms. The minimum atomic E-state index is -0.279. The van der Waals surface area contributed by atoms with Gasteiger partial charge in [-0.2, -0.15) is 0 Å². The number of rotatable bonds is 10. The van der Waals surface area contributed by atoms with Crippen molar-refractivity contribution in [2.24, 2.45) is 35.0 Å². The largest absolute Gasteiger partial charge is 0.296 e. The van der Waals surface area contributed by atoms with Gasteiger partial charge in [0.2, 0.25) is 5.91 Å². The van der Waals surface area contributed by atoms with Gasteiger partial charge in [-0.25, -0.2) is 8.78 Å². The van der Waals surface area contributed by atoms with Crippen LogP contribution in [0, 0.1) is 35.0 Å². The fraction of sp³-hybridized carbons (Fsp3) is 0.732. The van der Waals surface area contributed by atoms with E-state index >= 15 is 0 Å². The van der Waals surface area contributed by atoms with E-state index in [9.17, 15) is 13.6 Å². The molecule has 0 radical (unpaired) electrons. The summed E-state index contributed by atoms with van der Waals surface area (Å²) in [7, 11) is 0. The molecule has 3 aliphatic carbocycles. The fourth-order valence-electron chi connectivity index (χ4n) is 7.71. The Kier molecular flexibility index (Phi) is 25.4. The van der Waals surface area contributed by atoms with Crippen molar-refractivity contribution >= 4 is 17.9 Å². The van der Waals surface area contributed by atoms with Crippen LogP contribution in [0.4, 0.5) is 8.78 Å². The first-order valence-corrected chi connectivity index (χ1v) is 19.4. The molecule has 0 aliphatic heterocycles.